The fraction of sp³-hybridized carbons (Fsp3) is 0.182. The average molecular weight is 192 g/mol. The molecule has 0 spiro atoms. The van der Waals surface area contributed by atoms with Crippen molar-refractivity contribution in [3.8, 4) is 11.8 Å². The van der Waals surface area contributed by atoms with Crippen LogP contribution in [0.2, 0.25) is 0 Å². The van der Waals surface area contributed by atoms with Gasteiger partial charge in [-0.2, -0.15) is 0 Å². The number of benzene rings is 1. The van der Waals surface area contributed by atoms with Crippen LogP contribution < -0.4 is 0 Å². The fourth-order valence-electron chi connectivity index (χ4n) is 0.944. The largest absolute Gasteiger partial charge is 0.481 e. The Hall–Kier alpha value is -1.82. The predicted octanol–water partition coefficient (Wildman–Crippen LogP) is 1.96. The summed E-state index contributed by atoms with van der Waals surface area (Å²) in [7, 11) is 0. The monoisotopic (exact) mass is 192 g/mol. The molecule has 14 heavy (non-hydrogen) atoms. The normalized spacial score (nSPS) is 9.00. The van der Waals surface area contributed by atoms with E-state index < -0.39 is 5.97 Å². The molecule has 1 aromatic carbocycles. The minimum absolute atomic E-state index is 0.226. The maximum atomic E-state index is 12.7. The fourth-order valence-corrected chi connectivity index (χ4v) is 0.944. The molecule has 0 bridgehead atoms. The summed E-state index contributed by atoms with van der Waals surface area (Å²) in [6.45, 7) is 1.80. The van der Waals surface area contributed by atoms with E-state index in [1.165, 1.54) is 12.1 Å². The van der Waals surface area contributed by atoms with Gasteiger partial charge in [0.25, 0.3) is 0 Å². The van der Waals surface area contributed by atoms with Crippen LogP contribution in [-0.2, 0) is 4.79 Å². The van der Waals surface area contributed by atoms with E-state index in [-0.39, 0.29) is 12.2 Å². The van der Waals surface area contributed by atoms with Crippen LogP contribution >= 0.6 is 0 Å². The summed E-state index contributed by atoms with van der Waals surface area (Å²) < 4.78 is 12.7. The molecular weight excluding hydrogens is 183 g/mol. The number of carbonyl (C=O) groups is 1. The van der Waals surface area contributed by atoms with Crippen molar-refractivity contribution in [3.63, 3.8) is 0 Å². The minimum atomic E-state index is -0.980. The quantitative estimate of drug-likeness (QED) is 0.690. The molecule has 0 amide bonds. The lowest BCUT2D eigenvalue weighted by Crippen LogP contribution is -1.91. The highest BCUT2D eigenvalue weighted by Gasteiger charge is 1.96. The van der Waals surface area contributed by atoms with E-state index in [4.69, 9.17) is 5.11 Å². The van der Waals surface area contributed by atoms with Gasteiger partial charge in [0.15, 0.2) is 0 Å². The van der Waals surface area contributed by atoms with Crippen molar-refractivity contribution >= 4 is 5.97 Å². The summed E-state index contributed by atoms with van der Waals surface area (Å²) in [6.07, 6.45) is -0.226. The molecule has 0 unspecified atom stereocenters. The Morgan fingerprint density at radius 2 is 2.29 bits per heavy atom. The van der Waals surface area contributed by atoms with Crippen molar-refractivity contribution in [3.05, 3.63) is 35.1 Å². The SMILES string of the molecule is Cc1ccc(F)cc1C#CCC(=O)O. The lowest BCUT2D eigenvalue weighted by atomic mass is 10.1. The van der Waals surface area contributed by atoms with Crippen LogP contribution in [0.4, 0.5) is 4.39 Å². The zero-order chi connectivity index (χ0) is 10.6. The third kappa shape index (κ3) is 2.91. The first-order valence-corrected chi connectivity index (χ1v) is 4.06. The minimum Gasteiger partial charge on any atom is -0.481 e. The number of hydrogen-bond donors (Lipinski definition) is 1. The van der Waals surface area contributed by atoms with E-state index in [0.717, 1.165) is 5.56 Å². The standard InChI is InChI=1S/C11H9FO2/c1-8-5-6-10(12)7-9(8)3-2-4-11(13)14/h5-7H,4H2,1H3,(H,13,14). The first kappa shape index (κ1) is 10.3. The number of carboxylic acids is 1. The smallest absolute Gasteiger partial charge is 0.315 e. The predicted molar refractivity (Wildman–Crippen MR) is 50.3 cm³/mol. The molecule has 3 heteroatoms. The number of halogens is 1. The average Bonchev–Trinajstić information content (AvgIpc) is 2.10. The van der Waals surface area contributed by atoms with Crippen LogP contribution in [0.5, 0.6) is 0 Å². The van der Waals surface area contributed by atoms with Gasteiger partial charge in [-0.15, -0.1) is 0 Å². The van der Waals surface area contributed by atoms with Crippen molar-refractivity contribution in [2.75, 3.05) is 0 Å². The van der Waals surface area contributed by atoms with Crippen LogP contribution in [0.25, 0.3) is 0 Å². The molecule has 1 N–H and O–H groups in total. The molecule has 0 aromatic heterocycles. The molecule has 0 aliphatic heterocycles. The van der Waals surface area contributed by atoms with E-state index in [1.807, 2.05) is 0 Å². The Kier molecular flexibility index (Phi) is 3.24. The van der Waals surface area contributed by atoms with Crippen LogP contribution in [0.1, 0.15) is 17.5 Å². The number of aryl methyl sites for hydroxylation is 1. The summed E-state index contributed by atoms with van der Waals surface area (Å²) in [5, 5.41) is 8.34. The zero-order valence-corrected chi connectivity index (χ0v) is 7.67. The third-order valence-electron chi connectivity index (χ3n) is 1.66. The first-order chi connectivity index (χ1) is 6.59. The van der Waals surface area contributed by atoms with E-state index in [1.54, 1.807) is 13.0 Å². The Morgan fingerprint density at radius 3 is 2.93 bits per heavy atom. The van der Waals surface area contributed by atoms with Crippen molar-refractivity contribution in [1.29, 1.82) is 0 Å². The summed E-state index contributed by atoms with van der Waals surface area (Å²) in [5.74, 6) is 3.72. The highest BCUT2D eigenvalue weighted by atomic mass is 19.1. The van der Waals surface area contributed by atoms with Gasteiger partial charge in [-0.1, -0.05) is 17.9 Å². The summed E-state index contributed by atoms with van der Waals surface area (Å²) in [5.41, 5.74) is 1.37. The Bertz CT molecular complexity index is 413. The highest BCUT2D eigenvalue weighted by Crippen LogP contribution is 2.08. The van der Waals surface area contributed by atoms with Gasteiger partial charge in [-0.25, -0.2) is 4.39 Å². The van der Waals surface area contributed by atoms with Crippen LogP contribution in [0.3, 0.4) is 0 Å². The topological polar surface area (TPSA) is 37.3 Å². The lowest BCUT2D eigenvalue weighted by Gasteiger charge is -1.96. The number of rotatable bonds is 1. The number of aliphatic carboxylic acids is 1. The summed E-state index contributed by atoms with van der Waals surface area (Å²) in [4.78, 5) is 10.2. The van der Waals surface area contributed by atoms with E-state index >= 15 is 0 Å². The molecular formula is C11H9FO2. The van der Waals surface area contributed by atoms with E-state index in [0.29, 0.717) is 5.56 Å². The first-order valence-electron chi connectivity index (χ1n) is 4.06. The molecule has 0 fully saturated rings. The molecule has 72 valence electrons. The van der Waals surface area contributed by atoms with Gasteiger partial charge >= 0.3 is 5.97 Å². The van der Waals surface area contributed by atoms with Gasteiger partial charge in [-0.3, -0.25) is 4.79 Å². The number of hydrogen-bond acceptors (Lipinski definition) is 1. The molecule has 0 saturated carbocycles. The van der Waals surface area contributed by atoms with E-state index in [2.05, 4.69) is 11.8 Å². The lowest BCUT2D eigenvalue weighted by molar-refractivity contribution is -0.135. The van der Waals surface area contributed by atoms with Gasteiger partial charge in [0.2, 0.25) is 0 Å². The molecule has 1 rings (SSSR count). The van der Waals surface area contributed by atoms with Crippen molar-refractivity contribution in [1.82, 2.24) is 0 Å². The Morgan fingerprint density at radius 1 is 1.57 bits per heavy atom. The second kappa shape index (κ2) is 4.43. The van der Waals surface area contributed by atoms with E-state index in [9.17, 15) is 9.18 Å². The van der Waals surface area contributed by atoms with Gasteiger partial charge in [0, 0.05) is 5.56 Å². The number of carboxylic acid groups (broad SMARTS) is 1. The van der Waals surface area contributed by atoms with Crippen LogP contribution in [0.15, 0.2) is 18.2 Å². The molecule has 1 aromatic rings. The van der Waals surface area contributed by atoms with Gasteiger partial charge in [0.1, 0.15) is 12.2 Å². The van der Waals surface area contributed by atoms with Crippen LogP contribution in [-0.4, -0.2) is 11.1 Å². The maximum absolute atomic E-state index is 12.7. The Balaban J connectivity index is 2.88. The van der Waals surface area contributed by atoms with Gasteiger partial charge < -0.3 is 5.11 Å². The summed E-state index contributed by atoms with van der Waals surface area (Å²) in [6, 6.07) is 4.25. The summed E-state index contributed by atoms with van der Waals surface area (Å²) >= 11 is 0. The highest BCUT2D eigenvalue weighted by molar-refractivity contribution is 5.70. The molecule has 2 nitrogen and oxygen atoms in total. The molecule has 0 aliphatic carbocycles. The molecule has 0 radical (unpaired) electrons. The molecule has 0 aliphatic rings. The van der Waals surface area contributed by atoms with Crippen LogP contribution in [0, 0.1) is 24.6 Å². The zero-order valence-electron chi connectivity index (χ0n) is 7.67. The maximum Gasteiger partial charge on any atom is 0.315 e. The second-order valence-electron chi connectivity index (χ2n) is 2.83. The molecule has 0 saturated heterocycles. The van der Waals surface area contributed by atoms with Crippen molar-refractivity contribution in [2.24, 2.45) is 0 Å². The second-order valence-corrected chi connectivity index (χ2v) is 2.83. The van der Waals surface area contributed by atoms with Crippen molar-refractivity contribution in [2.45, 2.75) is 13.3 Å². The van der Waals surface area contributed by atoms with Gasteiger partial charge in [-0.05, 0) is 24.6 Å². The van der Waals surface area contributed by atoms with Gasteiger partial charge in [0.05, 0.1) is 0 Å². The third-order valence-corrected chi connectivity index (χ3v) is 1.66. The molecule has 0 heterocycles. The Labute approximate surface area is 81.4 Å². The van der Waals surface area contributed by atoms with Crippen molar-refractivity contribution < 1.29 is 14.3 Å². The molecule has 0 atom stereocenters.